The van der Waals surface area contributed by atoms with Gasteiger partial charge in [-0.15, -0.1) is 0 Å². The van der Waals surface area contributed by atoms with Crippen LogP contribution in [0.15, 0.2) is 23.3 Å². The maximum Gasteiger partial charge on any atom is 0.256 e. The van der Waals surface area contributed by atoms with Crippen molar-refractivity contribution in [2.24, 2.45) is 5.92 Å². The van der Waals surface area contributed by atoms with Crippen LogP contribution in [0.1, 0.15) is 58.3 Å². The molecule has 2 aromatic rings. The van der Waals surface area contributed by atoms with Gasteiger partial charge in [-0.25, -0.2) is 4.98 Å². The number of hydrogen-bond acceptors (Lipinski definition) is 6. The number of nitrogens with zero attached hydrogens (tertiary/aromatic N) is 4. The molecule has 9 heteroatoms. The predicted octanol–water partition coefficient (Wildman–Crippen LogP) is 1.37. The van der Waals surface area contributed by atoms with Crippen LogP contribution in [0.5, 0.6) is 0 Å². The highest BCUT2D eigenvalue weighted by Gasteiger charge is 2.37. The maximum absolute atomic E-state index is 13.0. The average Bonchev–Trinajstić information content (AvgIpc) is 3.51. The van der Waals surface area contributed by atoms with Crippen molar-refractivity contribution < 1.29 is 14.3 Å². The first-order valence-corrected chi connectivity index (χ1v) is 11.2. The standard InChI is InChI=1S/C23H27N5O4/c1-14-11-24-7-4-16(14)23(31)27-9-5-18-17(12-27)21(29)26-20(25-18)19-3-2-8-28(19)22(30)15-6-10-32-13-15/h4,7,11,15,19H,2-3,5-6,8-10,12-13H2,1H3,(H,25,26,29)/t15-,19+/m0/s1. The molecule has 2 amide bonds. The molecular weight excluding hydrogens is 410 g/mol. The van der Waals surface area contributed by atoms with Crippen molar-refractivity contribution in [3.63, 3.8) is 0 Å². The second kappa shape index (κ2) is 8.46. The summed E-state index contributed by atoms with van der Waals surface area (Å²) in [6, 6.07) is 1.50. The van der Waals surface area contributed by atoms with Gasteiger partial charge in [0.05, 0.1) is 36.4 Å². The highest BCUT2D eigenvalue weighted by Crippen LogP contribution is 2.33. The first-order valence-electron chi connectivity index (χ1n) is 11.2. The highest BCUT2D eigenvalue weighted by molar-refractivity contribution is 5.95. The Kier molecular flexibility index (Phi) is 5.50. The molecule has 1 N–H and O–H groups in total. The van der Waals surface area contributed by atoms with E-state index >= 15 is 0 Å². The van der Waals surface area contributed by atoms with Gasteiger partial charge < -0.3 is 19.5 Å². The third kappa shape index (κ3) is 3.70. The van der Waals surface area contributed by atoms with Crippen LogP contribution in [-0.2, 0) is 22.5 Å². The van der Waals surface area contributed by atoms with Crippen LogP contribution < -0.4 is 5.56 Å². The van der Waals surface area contributed by atoms with E-state index < -0.39 is 0 Å². The van der Waals surface area contributed by atoms with Crippen molar-refractivity contribution in [1.29, 1.82) is 0 Å². The van der Waals surface area contributed by atoms with Gasteiger partial charge in [0.25, 0.3) is 11.5 Å². The molecule has 0 radical (unpaired) electrons. The molecule has 5 heterocycles. The normalized spacial score (nSPS) is 22.8. The molecule has 2 atom stereocenters. The lowest BCUT2D eigenvalue weighted by Crippen LogP contribution is -2.41. The molecule has 9 nitrogen and oxygen atoms in total. The summed E-state index contributed by atoms with van der Waals surface area (Å²) in [6.45, 7) is 4.34. The Hall–Kier alpha value is -3.07. The van der Waals surface area contributed by atoms with E-state index in [1.165, 1.54) is 0 Å². The third-order valence-corrected chi connectivity index (χ3v) is 6.76. The molecule has 3 aliphatic rings. The number of ether oxygens (including phenoxy) is 1. The van der Waals surface area contributed by atoms with Gasteiger partial charge in [0.15, 0.2) is 0 Å². The maximum atomic E-state index is 13.0. The van der Waals surface area contributed by atoms with Gasteiger partial charge in [0.1, 0.15) is 5.82 Å². The number of likely N-dealkylation sites (tertiary alicyclic amines) is 1. The van der Waals surface area contributed by atoms with Crippen LogP contribution >= 0.6 is 0 Å². The van der Waals surface area contributed by atoms with Crippen LogP contribution in [-0.4, -0.2) is 62.9 Å². The Morgan fingerprint density at radius 1 is 1.25 bits per heavy atom. The summed E-state index contributed by atoms with van der Waals surface area (Å²) < 4.78 is 5.38. The summed E-state index contributed by atoms with van der Waals surface area (Å²) in [6.07, 6.45) is 6.20. The fourth-order valence-electron chi connectivity index (χ4n) is 4.94. The van der Waals surface area contributed by atoms with Crippen LogP contribution in [0.25, 0.3) is 0 Å². The minimum absolute atomic E-state index is 0.0925. The molecule has 0 unspecified atom stereocenters. The number of carbonyl (C=O) groups excluding carboxylic acids is 2. The summed E-state index contributed by atoms with van der Waals surface area (Å²) in [4.78, 5) is 54.2. The van der Waals surface area contributed by atoms with E-state index in [-0.39, 0.29) is 35.9 Å². The molecule has 168 valence electrons. The van der Waals surface area contributed by atoms with Crippen LogP contribution in [0.2, 0.25) is 0 Å². The molecular formula is C23H27N5O4. The quantitative estimate of drug-likeness (QED) is 0.777. The number of H-pyrrole nitrogens is 1. The number of nitrogens with one attached hydrogen (secondary N) is 1. The lowest BCUT2D eigenvalue weighted by atomic mass is 10.0. The summed E-state index contributed by atoms with van der Waals surface area (Å²) in [5.41, 5.74) is 2.44. The number of pyridine rings is 1. The highest BCUT2D eigenvalue weighted by atomic mass is 16.5. The fraction of sp³-hybridized carbons (Fsp3) is 0.522. The summed E-state index contributed by atoms with van der Waals surface area (Å²) >= 11 is 0. The Morgan fingerprint density at radius 2 is 2.12 bits per heavy atom. The van der Waals surface area contributed by atoms with Crippen molar-refractivity contribution in [2.75, 3.05) is 26.3 Å². The van der Waals surface area contributed by atoms with E-state index in [9.17, 15) is 14.4 Å². The Labute approximate surface area is 185 Å². The average molecular weight is 438 g/mol. The molecule has 0 bridgehead atoms. The van der Waals surface area contributed by atoms with Gasteiger partial charge >= 0.3 is 0 Å². The van der Waals surface area contributed by atoms with E-state index in [0.29, 0.717) is 49.7 Å². The zero-order chi connectivity index (χ0) is 22.2. The van der Waals surface area contributed by atoms with Gasteiger partial charge in [-0.2, -0.15) is 0 Å². The van der Waals surface area contributed by atoms with Crippen molar-refractivity contribution in [3.8, 4) is 0 Å². The molecule has 2 fully saturated rings. The van der Waals surface area contributed by atoms with E-state index in [0.717, 1.165) is 30.5 Å². The number of amides is 2. The summed E-state index contributed by atoms with van der Waals surface area (Å²) in [5, 5.41) is 0. The molecule has 0 saturated carbocycles. The number of fused-ring (bicyclic) bond motifs is 1. The fourth-order valence-corrected chi connectivity index (χ4v) is 4.94. The van der Waals surface area contributed by atoms with Gasteiger partial charge in [-0.1, -0.05) is 0 Å². The van der Waals surface area contributed by atoms with Crippen molar-refractivity contribution in [1.82, 2.24) is 24.8 Å². The molecule has 2 saturated heterocycles. The van der Waals surface area contributed by atoms with Gasteiger partial charge in [0, 0.05) is 44.1 Å². The molecule has 32 heavy (non-hydrogen) atoms. The Morgan fingerprint density at radius 3 is 2.91 bits per heavy atom. The number of aromatic nitrogens is 3. The number of carbonyl (C=O) groups is 2. The molecule has 0 aliphatic carbocycles. The molecule has 0 spiro atoms. The van der Waals surface area contributed by atoms with Crippen LogP contribution in [0.4, 0.5) is 0 Å². The third-order valence-electron chi connectivity index (χ3n) is 6.76. The summed E-state index contributed by atoms with van der Waals surface area (Å²) in [5.74, 6) is 0.444. The topological polar surface area (TPSA) is 108 Å². The van der Waals surface area contributed by atoms with Gasteiger partial charge in [-0.3, -0.25) is 19.4 Å². The number of aryl methyl sites for hydroxylation is 1. The number of hydrogen-bond donors (Lipinski definition) is 1. The Bertz CT molecular complexity index is 1110. The predicted molar refractivity (Wildman–Crippen MR) is 115 cm³/mol. The molecule has 3 aliphatic heterocycles. The van der Waals surface area contributed by atoms with Crippen LogP contribution in [0.3, 0.4) is 0 Å². The first kappa shape index (κ1) is 20.8. The Balaban J connectivity index is 1.37. The molecule has 2 aromatic heterocycles. The second-order valence-electron chi connectivity index (χ2n) is 8.79. The lowest BCUT2D eigenvalue weighted by molar-refractivity contribution is -0.136. The zero-order valence-electron chi connectivity index (χ0n) is 18.2. The molecule has 0 aromatic carbocycles. The number of rotatable bonds is 3. The largest absolute Gasteiger partial charge is 0.381 e. The minimum Gasteiger partial charge on any atom is -0.381 e. The zero-order valence-corrected chi connectivity index (χ0v) is 18.2. The van der Waals surface area contributed by atoms with E-state index in [1.807, 2.05) is 11.8 Å². The first-order chi connectivity index (χ1) is 15.5. The second-order valence-corrected chi connectivity index (χ2v) is 8.79. The van der Waals surface area contributed by atoms with E-state index in [1.54, 1.807) is 23.4 Å². The monoisotopic (exact) mass is 437 g/mol. The van der Waals surface area contributed by atoms with Gasteiger partial charge in [-0.05, 0) is 37.8 Å². The SMILES string of the molecule is Cc1cnccc1C(=O)N1CCc2nc([C@H]3CCCN3C(=O)[C@H]3CCOC3)[nH]c(=O)c2C1. The van der Waals surface area contributed by atoms with E-state index in [4.69, 9.17) is 9.72 Å². The van der Waals surface area contributed by atoms with Crippen molar-refractivity contribution >= 4 is 11.8 Å². The summed E-state index contributed by atoms with van der Waals surface area (Å²) in [7, 11) is 0. The van der Waals surface area contributed by atoms with Crippen molar-refractivity contribution in [2.45, 2.75) is 45.2 Å². The van der Waals surface area contributed by atoms with Gasteiger partial charge in [0.2, 0.25) is 5.91 Å². The minimum atomic E-state index is -0.225. The lowest BCUT2D eigenvalue weighted by Gasteiger charge is -2.30. The van der Waals surface area contributed by atoms with Crippen molar-refractivity contribution in [3.05, 3.63) is 57.0 Å². The smallest absolute Gasteiger partial charge is 0.256 e. The number of aromatic amines is 1. The van der Waals surface area contributed by atoms with E-state index in [2.05, 4.69) is 9.97 Å². The van der Waals surface area contributed by atoms with Crippen LogP contribution in [0, 0.1) is 12.8 Å². The molecule has 5 rings (SSSR count).